The Morgan fingerprint density at radius 3 is 2.60 bits per heavy atom. The summed E-state index contributed by atoms with van der Waals surface area (Å²) in [5, 5.41) is 0. The van der Waals surface area contributed by atoms with Crippen LogP contribution in [-0.2, 0) is 0 Å². The minimum atomic E-state index is -0.126. The highest BCUT2D eigenvalue weighted by Crippen LogP contribution is 2.39. The first-order valence-corrected chi connectivity index (χ1v) is 7.73. The first-order valence-electron chi connectivity index (χ1n) is 7.73. The Kier molecular flexibility index (Phi) is 3.72. The smallest absolute Gasteiger partial charge is 0.231 e. The Balaban J connectivity index is 1.72. The molecule has 2 aliphatic heterocycles. The summed E-state index contributed by atoms with van der Waals surface area (Å²) in [7, 11) is 3.06. The van der Waals surface area contributed by atoms with Gasteiger partial charge in [-0.2, -0.15) is 0 Å². The van der Waals surface area contributed by atoms with E-state index in [1.165, 1.54) is 7.11 Å². The molecule has 0 bridgehead atoms. The van der Waals surface area contributed by atoms with Gasteiger partial charge in [-0.1, -0.05) is 6.07 Å². The van der Waals surface area contributed by atoms with Gasteiger partial charge in [-0.3, -0.25) is 4.79 Å². The molecule has 128 valence electrons. The first kappa shape index (κ1) is 15.4. The molecule has 0 atom stereocenters. The van der Waals surface area contributed by atoms with Crippen LogP contribution < -0.4 is 23.7 Å². The Bertz CT molecular complexity index is 866. The zero-order chi connectivity index (χ0) is 17.4. The standard InChI is InChI=1S/C19H16O6/c1-21-13-7-16(22-2)18-17(8-13)23-9-12(19(18)20)5-11-3-4-14-15(6-11)25-10-24-14/h3-8H,9-10H2,1-2H3/b12-5+. The number of Topliss-reactive ketones (excluding diaryl/α,β-unsaturated/α-hetero) is 1. The lowest BCUT2D eigenvalue weighted by atomic mass is 9.97. The highest BCUT2D eigenvalue weighted by atomic mass is 16.7. The van der Waals surface area contributed by atoms with Crippen molar-refractivity contribution in [1.29, 1.82) is 0 Å². The quantitative estimate of drug-likeness (QED) is 0.800. The largest absolute Gasteiger partial charge is 0.496 e. The summed E-state index contributed by atoms with van der Waals surface area (Å²) in [5.41, 5.74) is 1.78. The van der Waals surface area contributed by atoms with E-state index in [1.54, 1.807) is 25.3 Å². The monoisotopic (exact) mass is 340 g/mol. The Morgan fingerprint density at radius 1 is 0.960 bits per heavy atom. The third kappa shape index (κ3) is 2.65. The molecular weight excluding hydrogens is 324 g/mol. The van der Waals surface area contributed by atoms with Gasteiger partial charge in [-0.15, -0.1) is 0 Å². The number of hydrogen-bond donors (Lipinski definition) is 0. The van der Waals surface area contributed by atoms with Gasteiger partial charge in [0.2, 0.25) is 6.79 Å². The fourth-order valence-corrected chi connectivity index (χ4v) is 2.88. The maximum Gasteiger partial charge on any atom is 0.231 e. The second-order valence-corrected chi connectivity index (χ2v) is 5.60. The number of carbonyl (C=O) groups is 1. The summed E-state index contributed by atoms with van der Waals surface area (Å²) < 4.78 is 27.0. The van der Waals surface area contributed by atoms with Crippen LogP contribution in [0.5, 0.6) is 28.7 Å². The molecule has 0 saturated carbocycles. The molecule has 0 saturated heterocycles. The lowest BCUT2D eigenvalue weighted by Gasteiger charge is -2.21. The van der Waals surface area contributed by atoms with Gasteiger partial charge in [-0.05, 0) is 23.8 Å². The third-order valence-corrected chi connectivity index (χ3v) is 4.13. The van der Waals surface area contributed by atoms with Gasteiger partial charge in [-0.25, -0.2) is 0 Å². The molecular formula is C19H16O6. The number of hydrogen-bond acceptors (Lipinski definition) is 6. The minimum Gasteiger partial charge on any atom is -0.496 e. The van der Waals surface area contributed by atoms with E-state index in [1.807, 2.05) is 18.2 Å². The van der Waals surface area contributed by atoms with E-state index in [0.717, 1.165) is 5.56 Å². The Labute approximate surface area is 144 Å². The molecule has 0 amide bonds. The first-order chi connectivity index (χ1) is 12.2. The molecule has 0 fully saturated rings. The molecule has 25 heavy (non-hydrogen) atoms. The van der Waals surface area contributed by atoms with Gasteiger partial charge >= 0.3 is 0 Å². The molecule has 6 nitrogen and oxygen atoms in total. The van der Waals surface area contributed by atoms with Crippen molar-refractivity contribution in [2.45, 2.75) is 0 Å². The van der Waals surface area contributed by atoms with Gasteiger partial charge in [0, 0.05) is 17.7 Å². The number of ether oxygens (including phenoxy) is 5. The van der Waals surface area contributed by atoms with Crippen LogP contribution in [0.25, 0.3) is 6.08 Å². The van der Waals surface area contributed by atoms with Crippen LogP contribution in [0.2, 0.25) is 0 Å². The van der Waals surface area contributed by atoms with Crippen molar-refractivity contribution < 1.29 is 28.5 Å². The van der Waals surface area contributed by atoms with E-state index >= 15 is 0 Å². The highest BCUT2D eigenvalue weighted by Gasteiger charge is 2.28. The van der Waals surface area contributed by atoms with Crippen molar-refractivity contribution in [2.75, 3.05) is 27.6 Å². The Hall–Kier alpha value is -3.15. The average molecular weight is 340 g/mol. The Morgan fingerprint density at radius 2 is 1.80 bits per heavy atom. The maximum absolute atomic E-state index is 12.9. The molecule has 2 heterocycles. The van der Waals surface area contributed by atoms with E-state index in [0.29, 0.717) is 39.9 Å². The molecule has 0 aromatic heterocycles. The fourth-order valence-electron chi connectivity index (χ4n) is 2.88. The maximum atomic E-state index is 12.9. The molecule has 2 aromatic rings. The molecule has 4 rings (SSSR count). The molecule has 0 spiro atoms. The molecule has 2 aromatic carbocycles. The minimum absolute atomic E-state index is 0.126. The number of methoxy groups -OCH3 is 2. The zero-order valence-electron chi connectivity index (χ0n) is 13.8. The summed E-state index contributed by atoms with van der Waals surface area (Å²) in [6.45, 7) is 0.389. The summed E-state index contributed by atoms with van der Waals surface area (Å²) in [6, 6.07) is 8.89. The van der Waals surface area contributed by atoms with Gasteiger partial charge in [0.1, 0.15) is 29.4 Å². The van der Waals surface area contributed by atoms with E-state index in [9.17, 15) is 4.79 Å². The molecule has 6 heteroatoms. The summed E-state index contributed by atoms with van der Waals surface area (Å²) >= 11 is 0. The summed E-state index contributed by atoms with van der Waals surface area (Å²) in [4.78, 5) is 12.9. The summed E-state index contributed by atoms with van der Waals surface area (Å²) in [5.74, 6) is 2.71. The van der Waals surface area contributed by atoms with Gasteiger partial charge in [0.15, 0.2) is 17.3 Å². The van der Waals surface area contributed by atoms with Crippen molar-refractivity contribution in [3.63, 3.8) is 0 Å². The number of ketones is 1. The SMILES string of the molecule is COc1cc(OC)c2c(c1)OC/C(=C\c1ccc3c(c1)OCO3)C2=O. The predicted octanol–water partition coefficient (Wildman–Crippen LogP) is 3.09. The molecule has 0 radical (unpaired) electrons. The third-order valence-electron chi connectivity index (χ3n) is 4.13. The van der Waals surface area contributed by atoms with Crippen LogP contribution in [0.4, 0.5) is 0 Å². The van der Waals surface area contributed by atoms with Crippen LogP contribution in [0.1, 0.15) is 15.9 Å². The van der Waals surface area contributed by atoms with Crippen molar-refractivity contribution in [3.8, 4) is 28.7 Å². The molecule has 0 N–H and O–H groups in total. The molecule has 0 aliphatic carbocycles. The normalized spacial score (nSPS) is 16.4. The van der Waals surface area contributed by atoms with Crippen LogP contribution in [0, 0.1) is 0 Å². The van der Waals surface area contributed by atoms with Crippen LogP contribution >= 0.6 is 0 Å². The second kappa shape index (κ2) is 6.05. The molecule has 0 unspecified atom stereocenters. The summed E-state index contributed by atoms with van der Waals surface area (Å²) in [6.07, 6.45) is 1.79. The van der Waals surface area contributed by atoms with E-state index in [-0.39, 0.29) is 19.2 Å². The van der Waals surface area contributed by atoms with Gasteiger partial charge in [0.05, 0.1) is 14.2 Å². The van der Waals surface area contributed by atoms with E-state index < -0.39 is 0 Å². The van der Waals surface area contributed by atoms with Crippen LogP contribution in [0.15, 0.2) is 35.9 Å². The van der Waals surface area contributed by atoms with Gasteiger partial charge < -0.3 is 23.7 Å². The van der Waals surface area contributed by atoms with Crippen molar-refractivity contribution in [1.82, 2.24) is 0 Å². The topological polar surface area (TPSA) is 63.2 Å². The van der Waals surface area contributed by atoms with Crippen molar-refractivity contribution in [2.24, 2.45) is 0 Å². The lowest BCUT2D eigenvalue weighted by molar-refractivity contribution is 0.0997. The van der Waals surface area contributed by atoms with Gasteiger partial charge in [0.25, 0.3) is 0 Å². The zero-order valence-corrected chi connectivity index (χ0v) is 13.8. The number of carbonyl (C=O) groups excluding carboxylic acids is 1. The van der Waals surface area contributed by atoms with Crippen molar-refractivity contribution >= 4 is 11.9 Å². The average Bonchev–Trinajstić information content (AvgIpc) is 3.10. The van der Waals surface area contributed by atoms with Crippen LogP contribution in [0.3, 0.4) is 0 Å². The van der Waals surface area contributed by atoms with Crippen LogP contribution in [-0.4, -0.2) is 33.4 Å². The number of fused-ring (bicyclic) bond motifs is 2. The van der Waals surface area contributed by atoms with E-state index in [4.69, 9.17) is 23.7 Å². The highest BCUT2D eigenvalue weighted by molar-refractivity contribution is 6.15. The molecule has 2 aliphatic rings. The van der Waals surface area contributed by atoms with E-state index in [2.05, 4.69) is 0 Å². The predicted molar refractivity (Wildman–Crippen MR) is 89.9 cm³/mol. The number of benzene rings is 2. The second-order valence-electron chi connectivity index (χ2n) is 5.60. The number of rotatable bonds is 3. The lowest BCUT2D eigenvalue weighted by Crippen LogP contribution is -2.20. The van der Waals surface area contributed by atoms with Crippen molar-refractivity contribution in [3.05, 3.63) is 47.0 Å². The fraction of sp³-hybridized carbons (Fsp3) is 0.211.